The van der Waals surface area contributed by atoms with Crippen LogP contribution in [0.15, 0.2) is 0 Å². The van der Waals surface area contributed by atoms with Crippen LogP contribution in [-0.2, 0) is 0 Å². The maximum atomic E-state index is 8.71. The average Bonchev–Trinajstić information content (AvgIpc) is 2.29. The summed E-state index contributed by atoms with van der Waals surface area (Å²) in [6.07, 6.45) is 8.43. The molecule has 0 heterocycles. The van der Waals surface area contributed by atoms with Crippen molar-refractivity contribution in [2.24, 2.45) is 5.92 Å². The highest BCUT2D eigenvalue weighted by molar-refractivity contribution is 4.85. The molecule has 0 bridgehead atoms. The van der Waals surface area contributed by atoms with Crippen molar-refractivity contribution in [1.29, 1.82) is 5.26 Å². The highest BCUT2D eigenvalue weighted by Crippen LogP contribution is 2.27. The minimum atomic E-state index is 0.413. The van der Waals surface area contributed by atoms with Crippen molar-refractivity contribution < 1.29 is 0 Å². The number of rotatable bonds is 5. The fourth-order valence-corrected chi connectivity index (χ4v) is 2.58. The van der Waals surface area contributed by atoms with Gasteiger partial charge in [0.05, 0.1) is 12.5 Å². The van der Waals surface area contributed by atoms with E-state index in [0.717, 1.165) is 12.3 Å². The van der Waals surface area contributed by atoms with Crippen molar-refractivity contribution in [1.82, 2.24) is 5.32 Å². The smallest absolute Gasteiger partial charge is 0.0638 e. The number of nitrogens with zero attached hydrogens (tertiary/aromatic N) is 1. The summed E-state index contributed by atoms with van der Waals surface area (Å²) in [6.45, 7) is 4.45. The summed E-state index contributed by atoms with van der Waals surface area (Å²) in [5.74, 6) is 0.913. The van der Waals surface area contributed by atoms with Gasteiger partial charge in [-0.2, -0.15) is 5.26 Å². The van der Waals surface area contributed by atoms with E-state index >= 15 is 0 Å². The molecule has 3 atom stereocenters. The molecule has 0 aliphatic heterocycles. The van der Waals surface area contributed by atoms with Gasteiger partial charge in [0.2, 0.25) is 0 Å². The highest BCUT2D eigenvalue weighted by Gasteiger charge is 2.22. The predicted octanol–water partition coefficient (Wildman–Crippen LogP) is 3.24. The Bertz CT molecular complexity index is 207. The molecule has 1 aliphatic rings. The second kappa shape index (κ2) is 6.85. The monoisotopic (exact) mass is 208 g/mol. The zero-order valence-corrected chi connectivity index (χ0v) is 10.1. The molecule has 15 heavy (non-hydrogen) atoms. The molecule has 1 aliphatic carbocycles. The maximum absolute atomic E-state index is 8.71. The molecule has 86 valence electrons. The molecular formula is C13H24N2. The first-order valence-electron chi connectivity index (χ1n) is 6.43. The first-order chi connectivity index (χ1) is 7.30. The quantitative estimate of drug-likeness (QED) is 0.753. The normalized spacial score (nSPS) is 28.3. The summed E-state index contributed by atoms with van der Waals surface area (Å²) in [7, 11) is 0. The third kappa shape index (κ3) is 4.22. The first kappa shape index (κ1) is 12.5. The molecule has 2 nitrogen and oxygen atoms in total. The lowest BCUT2D eigenvalue weighted by Gasteiger charge is -2.31. The fraction of sp³-hybridized carbons (Fsp3) is 0.923. The molecule has 1 N–H and O–H groups in total. The Hall–Kier alpha value is -0.550. The average molecular weight is 208 g/mol. The summed E-state index contributed by atoms with van der Waals surface area (Å²) in [4.78, 5) is 0. The van der Waals surface area contributed by atoms with Crippen LogP contribution in [0.3, 0.4) is 0 Å². The zero-order valence-electron chi connectivity index (χ0n) is 10.1. The second-order valence-electron chi connectivity index (χ2n) is 4.77. The van der Waals surface area contributed by atoms with E-state index in [2.05, 4.69) is 25.2 Å². The molecule has 0 radical (unpaired) electrons. The van der Waals surface area contributed by atoms with Gasteiger partial charge in [-0.05, 0) is 25.2 Å². The summed E-state index contributed by atoms with van der Waals surface area (Å²) in [5.41, 5.74) is 0. The summed E-state index contributed by atoms with van der Waals surface area (Å²) in [5, 5.41) is 12.4. The molecule has 0 amide bonds. The molecule has 0 aromatic heterocycles. The van der Waals surface area contributed by atoms with Crippen molar-refractivity contribution in [2.45, 2.75) is 70.9 Å². The van der Waals surface area contributed by atoms with Crippen LogP contribution in [0, 0.1) is 17.2 Å². The summed E-state index contributed by atoms with van der Waals surface area (Å²) in [6, 6.07) is 3.35. The lowest BCUT2D eigenvalue weighted by Crippen LogP contribution is -2.40. The van der Waals surface area contributed by atoms with Gasteiger partial charge in [0.1, 0.15) is 0 Å². The Morgan fingerprint density at radius 2 is 2.20 bits per heavy atom. The van der Waals surface area contributed by atoms with Crippen LogP contribution < -0.4 is 5.32 Å². The van der Waals surface area contributed by atoms with Crippen LogP contribution in [-0.4, -0.2) is 12.1 Å². The van der Waals surface area contributed by atoms with Crippen LogP contribution >= 0.6 is 0 Å². The molecule has 1 saturated carbocycles. The van der Waals surface area contributed by atoms with Gasteiger partial charge in [-0.1, -0.05) is 33.1 Å². The van der Waals surface area contributed by atoms with E-state index in [0.29, 0.717) is 18.5 Å². The van der Waals surface area contributed by atoms with E-state index in [1.165, 1.54) is 32.1 Å². The van der Waals surface area contributed by atoms with E-state index in [4.69, 9.17) is 5.26 Å². The van der Waals surface area contributed by atoms with Gasteiger partial charge in [-0.15, -0.1) is 0 Å². The summed E-state index contributed by atoms with van der Waals surface area (Å²) >= 11 is 0. The van der Waals surface area contributed by atoms with E-state index in [9.17, 15) is 0 Å². The Balaban J connectivity index is 2.33. The fourth-order valence-electron chi connectivity index (χ4n) is 2.58. The molecule has 1 rings (SSSR count). The zero-order chi connectivity index (χ0) is 11.1. The lowest BCUT2D eigenvalue weighted by molar-refractivity contribution is 0.260. The minimum absolute atomic E-state index is 0.413. The predicted molar refractivity (Wildman–Crippen MR) is 63.5 cm³/mol. The topological polar surface area (TPSA) is 35.8 Å². The van der Waals surface area contributed by atoms with Gasteiger partial charge in [0.25, 0.3) is 0 Å². The van der Waals surface area contributed by atoms with Gasteiger partial charge < -0.3 is 5.32 Å². The van der Waals surface area contributed by atoms with Crippen molar-refractivity contribution in [3.8, 4) is 6.07 Å². The SMILES string of the molecule is CCC1CCCC(NC(CC)CC#N)C1. The molecule has 2 heteroatoms. The molecule has 0 saturated heterocycles. The maximum Gasteiger partial charge on any atom is 0.0638 e. The van der Waals surface area contributed by atoms with Crippen LogP contribution in [0.25, 0.3) is 0 Å². The third-order valence-electron chi connectivity index (χ3n) is 3.66. The minimum Gasteiger partial charge on any atom is -0.310 e. The van der Waals surface area contributed by atoms with Crippen molar-refractivity contribution in [2.75, 3.05) is 0 Å². The Kier molecular flexibility index (Phi) is 5.71. The van der Waals surface area contributed by atoms with Crippen LogP contribution in [0.4, 0.5) is 0 Å². The highest BCUT2D eigenvalue weighted by atomic mass is 14.9. The Morgan fingerprint density at radius 1 is 1.40 bits per heavy atom. The Labute approximate surface area is 94.1 Å². The van der Waals surface area contributed by atoms with E-state index in [1.807, 2.05) is 0 Å². The standard InChI is InChI=1S/C13H24N2/c1-3-11-6-5-7-13(10-11)15-12(4-2)8-9-14/h11-13,15H,3-8,10H2,1-2H3. The molecule has 1 fully saturated rings. The summed E-state index contributed by atoms with van der Waals surface area (Å²) < 4.78 is 0. The van der Waals surface area contributed by atoms with Crippen molar-refractivity contribution in [3.05, 3.63) is 0 Å². The van der Waals surface area contributed by atoms with Crippen LogP contribution in [0.1, 0.15) is 58.8 Å². The molecule has 0 spiro atoms. The van der Waals surface area contributed by atoms with Gasteiger partial charge >= 0.3 is 0 Å². The van der Waals surface area contributed by atoms with Gasteiger partial charge in [-0.3, -0.25) is 0 Å². The van der Waals surface area contributed by atoms with Gasteiger partial charge in [-0.25, -0.2) is 0 Å². The third-order valence-corrected chi connectivity index (χ3v) is 3.66. The second-order valence-corrected chi connectivity index (χ2v) is 4.77. The Morgan fingerprint density at radius 3 is 2.80 bits per heavy atom. The molecule has 0 aromatic carbocycles. The number of nitrogens with one attached hydrogen (secondary N) is 1. The number of nitriles is 1. The van der Waals surface area contributed by atoms with E-state index in [-0.39, 0.29) is 0 Å². The lowest BCUT2D eigenvalue weighted by atomic mass is 9.84. The number of hydrogen-bond acceptors (Lipinski definition) is 2. The molecule has 3 unspecified atom stereocenters. The van der Waals surface area contributed by atoms with Crippen LogP contribution in [0.5, 0.6) is 0 Å². The van der Waals surface area contributed by atoms with E-state index in [1.54, 1.807) is 0 Å². The van der Waals surface area contributed by atoms with Crippen molar-refractivity contribution in [3.63, 3.8) is 0 Å². The van der Waals surface area contributed by atoms with Gasteiger partial charge in [0.15, 0.2) is 0 Å². The van der Waals surface area contributed by atoms with Gasteiger partial charge in [0, 0.05) is 12.1 Å². The number of hydrogen-bond donors (Lipinski definition) is 1. The molecular weight excluding hydrogens is 184 g/mol. The van der Waals surface area contributed by atoms with E-state index < -0.39 is 0 Å². The molecule has 0 aromatic rings. The van der Waals surface area contributed by atoms with Crippen LogP contribution in [0.2, 0.25) is 0 Å². The largest absolute Gasteiger partial charge is 0.310 e. The first-order valence-corrected chi connectivity index (χ1v) is 6.43. The van der Waals surface area contributed by atoms with Crippen molar-refractivity contribution >= 4 is 0 Å².